The van der Waals surface area contributed by atoms with Gasteiger partial charge in [0.25, 0.3) is 0 Å². The molecule has 1 heterocycles. The van der Waals surface area contributed by atoms with Crippen molar-refractivity contribution in [1.82, 2.24) is 0 Å². The van der Waals surface area contributed by atoms with E-state index in [1.165, 1.54) is 0 Å². The Morgan fingerprint density at radius 2 is 2.31 bits per heavy atom. The van der Waals surface area contributed by atoms with Crippen molar-refractivity contribution in [1.29, 1.82) is 0 Å². The molecule has 0 bridgehead atoms. The highest BCUT2D eigenvalue weighted by Gasteiger charge is 2.13. The van der Waals surface area contributed by atoms with E-state index in [9.17, 15) is 4.79 Å². The average molecular weight is 218 g/mol. The first-order valence-corrected chi connectivity index (χ1v) is 5.08. The highest BCUT2D eigenvalue weighted by molar-refractivity contribution is 5.91. The van der Waals surface area contributed by atoms with Crippen molar-refractivity contribution in [2.75, 3.05) is 7.11 Å². The van der Waals surface area contributed by atoms with Gasteiger partial charge in [-0.2, -0.15) is 0 Å². The first-order valence-electron chi connectivity index (χ1n) is 5.08. The predicted molar refractivity (Wildman–Crippen MR) is 58.6 cm³/mol. The summed E-state index contributed by atoms with van der Waals surface area (Å²) < 4.78 is 10.2. The zero-order chi connectivity index (χ0) is 11.4. The lowest BCUT2D eigenvalue weighted by Crippen LogP contribution is -2.17. The summed E-state index contributed by atoms with van der Waals surface area (Å²) in [7, 11) is 1.63. The van der Waals surface area contributed by atoms with Crippen molar-refractivity contribution in [3.8, 4) is 5.75 Å². The normalized spacial score (nSPS) is 18.6. The Balaban J connectivity index is 1.97. The standard InChI is InChI=1S/C12H12NO3/c1-15-10-5-3-2-4-9(10)6-7-11-12(14)13-8-16-11/h2-5,11H,6-7H2,1H3/q-1. The molecule has 1 aliphatic rings. The maximum absolute atomic E-state index is 11.2. The summed E-state index contributed by atoms with van der Waals surface area (Å²) in [6.45, 7) is 0. The number of hydrogen-bond donors (Lipinski definition) is 0. The Hall–Kier alpha value is -1.84. The summed E-state index contributed by atoms with van der Waals surface area (Å²) >= 11 is 0. The fraction of sp³-hybridized carbons (Fsp3) is 0.333. The second kappa shape index (κ2) is 4.79. The van der Waals surface area contributed by atoms with Gasteiger partial charge in [-0.15, -0.1) is 0 Å². The number of para-hydroxylation sites is 1. The lowest BCUT2D eigenvalue weighted by atomic mass is 10.1. The van der Waals surface area contributed by atoms with Crippen LogP contribution in [0.1, 0.15) is 12.0 Å². The lowest BCUT2D eigenvalue weighted by Gasteiger charge is -2.14. The van der Waals surface area contributed by atoms with E-state index in [-0.39, 0.29) is 5.91 Å². The fourth-order valence-electron chi connectivity index (χ4n) is 1.64. The molecule has 1 aromatic carbocycles. The number of ether oxygens (including phenoxy) is 2. The molecule has 0 saturated heterocycles. The predicted octanol–water partition coefficient (Wildman–Crippen LogP) is 1.46. The molecular weight excluding hydrogens is 206 g/mol. The number of carbonyl (C=O) groups excluding carboxylic acids is 1. The third kappa shape index (κ3) is 2.21. The number of aryl methyl sites for hydroxylation is 1. The molecule has 0 aromatic heterocycles. The Kier molecular flexibility index (Phi) is 3.19. The summed E-state index contributed by atoms with van der Waals surface area (Å²) in [5.74, 6) is 0.577. The fourth-order valence-corrected chi connectivity index (χ4v) is 1.64. The third-order valence-electron chi connectivity index (χ3n) is 2.49. The zero-order valence-electron chi connectivity index (χ0n) is 8.97. The Bertz CT molecular complexity index is 414. The van der Waals surface area contributed by atoms with E-state index in [2.05, 4.69) is 11.4 Å². The number of methoxy groups -OCH3 is 1. The van der Waals surface area contributed by atoms with Crippen molar-refractivity contribution in [3.63, 3.8) is 0 Å². The minimum atomic E-state index is -0.482. The molecule has 2 rings (SSSR count). The van der Waals surface area contributed by atoms with E-state index in [1.807, 2.05) is 24.3 Å². The van der Waals surface area contributed by atoms with Crippen molar-refractivity contribution >= 4 is 12.3 Å². The van der Waals surface area contributed by atoms with Crippen LogP contribution in [0.15, 0.2) is 29.3 Å². The first-order chi connectivity index (χ1) is 7.81. The monoisotopic (exact) mass is 218 g/mol. The van der Waals surface area contributed by atoms with Crippen LogP contribution < -0.4 is 4.74 Å². The van der Waals surface area contributed by atoms with Crippen LogP contribution in [0.25, 0.3) is 0 Å². The van der Waals surface area contributed by atoms with E-state index in [0.717, 1.165) is 17.7 Å². The number of carbonyl (C=O) groups is 1. The molecule has 84 valence electrons. The second-order valence-corrected chi connectivity index (χ2v) is 3.50. The van der Waals surface area contributed by atoms with E-state index < -0.39 is 6.10 Å². The number of rotatable bonds is 4. The quantitative estimate of drug-likeness (QED) is 0.719. The van der Waals surface area contributed by atoms with Gasteiger partial charge < -0.3 is 19.3 Å². The second-order valence-electron chi connectivity index (χ2n) is 3.50. The molecule has 0 aliphatic carbocycles. The highest BCUT2D eigenvalue weighted by Crippen LogP contribution is 2.20. The minimum absolute atomic E-state index is 0.255. The average Bonchev–Trinajstić information content (AvgIpc) is 2.72. The van der Waals surface area contributed by atoms with E-state index in [4.69, 9.17) is 9.47 Å². The van der Waals surface area contributed by atoms with Gasteiger partial charge in [0.05, 0.1) is 13.2 Å². The van der Waals surface area contributed by atoms with Gasteiger partial charge in [-0.25, -0.2) is 0 Å². The van der Waals surface area contributed by atoms with E-state index in [1.54, 1.807) is 7.11 Å². The lowest BCUT2D eigenvalue weighted by molar-refractivity contribution is -0.122. The first kappa shape index (κ1) is 10.7. The highest BCUT2D eigenvalue weighted by atomic mass is 16.5. The summed E-state index contributed by atoms with van der Waals surface area (Å²) in [4.78, 5) is 14.6. The molecule has 1 aromatic rings. The molecule has 1 aliphatic heterocycles. The molecule has 16 heavy (non-hydrogen) atoms. The molecular formula is C12H12NO3-. The third-order valence-corrected chi connectivity index (χ3v) is 2.49. The molecule has 1 unspecified atom stereocenters. The van der Waals surface area contributed by atoms with Crippen LogP contribution in [0.4, 0.5) is 0 Å². The van der Waals surface area contributed by atoms with Gasteiger partial charge in [0, 0.05) is 6.40 Å². The van der Waals surface area contributed by atoms with Gasteiger partial charge in [-0.3, -0.25) is 0 Å². The molecule has 4 nitrogen and oxygen atoms in total. The van der Waals surface area contributed by atoms with Crippen molar-refractivity contribution < 1.29 is 14.3 Å². The van der Waals surface area contributed by atoms with Gasteiger partial charge >= 0.3 is 0 Å². The molecule has 4 heteroatoms. The Morgan fingerprint density at radius 1 is 1.50 bits per heavy atom. The summed E-state index contributed by atoms with van der Waals surface area (Å²) in [5.41, 5.74) is 1.06. The molecule has 1 atom stereocenters. The van der Waals surface area contributed by atoms with Gasteiger partial charge in [0.15, 0.2) is 0 Å². The van der Waals surface area contributed by atoms with Gasteiger partial charge in [0.2, 0.25) is 0 Å². The molecule has 0 radical (unpaired) electrons. The van der Waals surface area contributed by atoms with Gasteiger partial charge in [-0.05, 0) is 24.5 Å². The summed E-state index contributed by atoms with van der Waals surface area (Å²) in [5, 5.41) is 0. The largest absolute Gasteiger partial charge is 0.578 e. The minimum Gasteiger partial charge on any atom is -0.578 e. The van der Waals surface area contributed by atoms with Crippen LogP contribution >= 0.6 is 0 Å². The molecule has 1 amide bonds. The van der Waals surface area contributed by atoms with Crippen LogP contribution in [0, 0.1) is 0 Å². The van der Waals surface area contributed by atoms with E-state index in [0.29, 0.717) is 6.42 Å². The smallest absolute Gasteiger partial charge is 0.127 e. The molecule has 0 spiro atoms. The maximum atomic E-state index is 11.2. The molecule has 0 saturated carbocycles. The van der Waals surface area contributed by atoms with Crippen LogP contribution in [0.5, 0.6) is 5.75 Å². The SMILES string of the molecule is COc1ccccc1CCC1O[C-]=NC1=O. The number of amides is 1. The van der Waals surface area contributed by atoms with E-state index >= 15 is 0 Å². The number of benzene rings is 1. The van der Waals surface area contributed by atoms with Crippen molar-refractivity contribution in [2.45, 2.75) is 18.9 Å². The van der Waals surface area contributed by atoms with Crippen molar-refractivity contribution in [2.24, 2.45) is 4.99 Å². The maximum Gasteiger partial charge on any atom is 0.127 e. The van der Waals surface area contributed by atoms with Crippen LogP contribution in [-0.4, -0.2) is 25.5 Å². The van der Waals surface area contributed by atoms with Crippen LogP contribution in [0.2, 0.25) is 0 Å². The molecule has 0 N–H and O–H groups in total. The topological polar surface area (TPSA) is 47.9 Å². The Labute approximate surface area is 93.9 Å². The summed E-state index contributed by atoms with van der Waals surface area (Å²) in [6, 6.07) is 7.73. The van der Waals surface area contributed by atoms with Crippen LogP contribution in [0.3, 0.4) is 0 Å². The Morgan fingerprint density at radius 3 is 3.00 bits per heavy atom. The van der Waals surface area contributed by atoms with Crippen molar-refractivity contribution in [3.05, 3.63) is 29.8 Å². The number of nitrogens with zero attached hydrogens (tertiary/aromatic N) is 1. The molecule has 0 fully saturated rings. The van der Waals surface area contributed by atoms with Crippen LogP contribution in [-0.2, 0) is 16.0 Å². The summed E-state index contributed by atoms with van der Waals surface area (Å²) in [6.07, 6.45) is 3.06. The van der Waals surface area contributed by atoms with Gasteiger partial charge in [-0.1, -0.05) is 18.2 Å². The number of aliphatic imine (C=N–C) groups is 1. The number of hydrogen-bond acceptors (Lipinski definition) is 3. The van der Waals surface area contributed by atoms with Gasteiger partial charge in [0.1, 0.15) is 11.7 Å². The zero-order valence-corrected chi connectivity index (χ0v) is 8.97.